The molecule has 2 heteroatoms. The summed E-state index contributed by atoms with van der Waals surface area (Å²) in [4.78, 5) is 3.40. The summed E-state index contributed by atoms with van der Waals surface area (Å²) in [6.45, 7) is 13.1. The average Bonchev–Trinajstić information content (AvgIpc) is 2.98. The van der Waals surface area contributed by atoms with Crippen LogP contribution in [0.15, 0.2) is 48.5 Å². The second-order valence-electron chi connectivity index (χ2n) is 6.05. The Kier molecular flexibility index (Phi) is 9.46. The molecule has 0 fully saturated rings. The van der Waals surface area contributed by atoms with Gasteiger partial charge in [-0.1, -0.05) is 69.3 Å². The minimum absolute atomic E-state index is 0.621. The van der Waals surface area contributed by atoms with E-state index in [9.17, 15) is 0 Å². The van der Waals surface area contributed by atoms with Crippen LogP contribution in [-0.2, 0) is 13.0 Å². The van der Waals surface area contributed by atoms with Crippen molar-refractivity contribution in [3.05, 3.63) is 76.5 Å². The smallest absolute Gasteiger partial charge is 0.0461 e. The standard InChI is InChI=1S/C12H15N.C10H13N.C2H6/c1-4-10-5-6-11-8(2)9(3)13-12(11)7-10;1-2-3-9-4-6-10(8-11)7-5-9;1-2/h5-7,13H,4H2,1-3H3;2-7H,8,11H2,1H3;1-2H3/b;3-2+;. The van der Waals surface area contributed by atoms with Crippen LogP contribution in [0.4, 0.5) is 0 Å². The van der Waals surface area contributed by atoms with Crippen LogP contribution in [0.2, 0.25) is 0 Å². The second-order valence-corrected chi connectivity index (χ2v) is 6.05. The highest BCUT2D eigenvalue weighted by Gasteiger charge is 2.03. The molecule has 2 aromatic carbocycles. The monoisotopic (exact) mass is 350 g/mol. The fraction of sp³-hybridized carbons (Fsp3) is 0.333. The minimum Gasteiger partial charge on any atom is -0.358 e. The fourth-order valence-electron chi connectivity index (χ4n) is 2.70. The molecule has 0 amide bonds. The van der Waals surface area contributed by atoms with E-state index < -0.39 is 0 Å². The maximum Gasteiger partial charge on any atom is 0.0461 e. The van der Waals surface area contributed by atoms with Gasteiger partial charge in [-0.2, -0.15) is 0 Å². The van der Waals surface area contributed by atoms with Crippen molar-refractivity contribution in [2.45, 2.75) is 54.5 Å². The fourth-order valence-corrected chi connectivity index (χ4v) is 2.70. The first kappa shape index (κ1) is 21.7. The SMILES string of the molecule is C/C=C/c1ccc(CN)cc1.CC.CCc1ccc2c(C)c(C)[nH]c2c1. The Bertz CT molecular complexity index is 808. The number of H-pyrrole nitrogens is 1. The van der Waals surface area contributed by atoms with E-state index in [-0.39, 0.29) is 0 Å². The lowest BCUT2D eigenvalue weighted by atomic mass is 10.1. The van der Waals surface area contributed by atoms with Crippen LogP contribution >= 0.6 is 0 Å². The molecule has 0 saturated heterocycles. The Morgan fingerprint density at radius 1 is 0.962 bits per heavy atom. The van der Waals surface area contributed by atoms with E-state index in [0.717, 1.165) is 6.42 Å². The summed E-state index contributed by atoms with van der Waals surface area (Å²) in [5, 5.41) is 1.36. The summed E-state index contributed by atoms with van der Waals surface area (Å²) in [6.07, 6.45) is 5.20. The van der Waals surface area contributed by atoms with Crippen molar-refractivity contribution in [1.82, 2.24) is 4.98 Å². The molecule has 0 unspecified atom stereocenters. The molecule has 140 valence electrons. The molecule has 0 aliphatic rings. The lowest BCUT2D eigenvalue weighted by Crippen LogP contribution is -1.94. The van der Waals surface area contributed by atoms with Crippen molar-refractivity contribution >= 4 is 17.0 Å². The van der Waals surface area contributed by atoms with E-state index in [2.05, 4.69) is 74.3 Å². The lowest BCUT2D eigenvalue weighted by Gasteiger charge is -1.96. The predicted molar refractivity (Wildman–Crippen MR) is 118 cm³/mol. The summed E-state index contributed by atoms with van der Waals surface area (Å²) in [6, 6.07) is 14.9. The average molecular weight is 351 g/mol. The molecular formula is C24H34N2. The van der Waals surface area contributed by atoms with Gasteiger partial charge in [0.25, 0.3) is 0 Å². The van der Waals surface area contributed by atoms with E-state index in [1.165, 1.54) is 38.9 Å². The molecule has 0 atom stereocenters. The van der Waals surface area contributed by atoms with E-state index in [0.29, 0.717) is 6.54 Å². The molecule has 2 nitrogen and oxygen atoms in total. The molecular weight excluding hydrogens is 316 g/mol. The molecule has 0 radical (unpaired) electrons. The van der Waals surface area contributed by atoms with Crippen LogP contribution in [-0.4, -0.2) is 4.98 Å². The quantitative estimate of drug-likeness (QED) is 0.552. The third-order valence-corrected chi connectivity index (χ3v) is 4.36. The summed E-state index contributed by atoms with van der Waals surface area (Å²) in [7, 11) is 0. The van der Waals surface area contributed by atoms with E-state index >= 15 is 0 Å². The Morgan fingerprint density at radius 3 is 2.12 bits per heavy atom. The molecule has 3 rings (SSSR count). The number of aromatic nitrogens is 1. The van der Waals surface area contributed by atoms with Crippen LogP contribution in [0.3, 0.4) is 0 Å². The first-order valence-electron chi connectivity index (χ1n) is 9.58. The van der Waals surface area contributed by atoms with Crippen molar-refractivity contribution < 1.29 is 0 Å². The zero-order valence-corrected chi connectivity index (χ0v) is 17.2. The second kappa shape index (κ2) is 11.3. The van der Waals surface area contributed by atoms with Gasteiger partial charge >= 0.3 is 0 Å². The number of aryl methyl sites for hydroxylation is 3. The Hall–Kier alpha value is -2.32. The van der Waals surface area contributed by atoms with Crippen molar-refractivity contribution in [2.24, 2.45) is 5.73 Å². The highest BCUT2D eigenvalue weighted by atomic mass is 14.7. The molecule has 0 aliphatic heterocycles. The topological polar surface area (TPSA) is 41.8 Å². The Balaban J connectivity index is 0.000000241. The van der Waals surface area contributed by atoms with Gasteiger partial charge in [0.1, 0.15) is 0 Å². The zero-order chi connectivity index (χ0) is 19.5. The van der Waals surface area contributed by atoms with Crippen molar-refractivity contribution in [3.63, 3.8) is 0 Å². The molecule has 0 saturated carbocycles. The first-order valence-corrected chi connectivity index (χ1v) is 9.58. The summed E-state index contributed by atoms with van der Waals surface area (Å²) in [5.41, 5.74) is 13.2. The molecule has 0 aliphatic carbocycles. The number of hydrogen-bond acceptors (Lipinski definition) is 1. The highest BCUT2D eigenvalue weighted by Crippen LogP contribution is 2.22. The molecule has 1 aromatic heterocycles. The number of nitrogens with two attached hydrogens (primary N) is 1. The maximum atomic E-state index is 5.46. The van der Waals surface area contributed by atoms with Crippen molar-refractivity contribution in [2.75, 3.05) is 0 Å². The molecule has 0 bridgehead atoms. The van der Waals surface area contributed by atoms with Gasteiger partial charge in [0.2, 0.25) is 0 Å². The molecule has 0 spiro atoms. The first-order chi connectivity index (χ1) is 12.6. The van der Waals surface area contributed by atoms with Crippen LogP contribution in [0.5, 0.6) is 0 Å². The summed E-state index contributed by atoms with van der Waals surface area (Å²) in [5.74, 6) is 0. The van der Waals surface area contributed by atoms with Crippen LogP contribution < -0.4 is 5.73 Å². The third-order valence-electron chi connectivity index (χ3n) is 4.36. The van der Waals surface area contributed by atoms with Gasteiger partial charge in [0.05, 0.1) is 0 Å². The predicted octanol–water partition coefficient (Wildman–Crippen LogP) is 6.55. The molecule has 26 heavy (non-hydrogen) atoms. The number of aromatic amines is 1. The number of fused-ring (bicyclic) bond motifs is 1. The molecule has 3 N–H and O–H groups in total. The van der Waals surface area contributed by atoms with Gasteiger partial charge in [-0.15, -0.1) is 0 Å². The summed E-state index contributed by atoms with van der Waals surface area (Å²) >= 11 is 0. The largest absolute Gasteiger partial charge is 0.358 e. The molecule has 3 aromatic rings. The zero-order valence-electron chi connectivity index (χ0n) is 17.2. The summed E-state index contributed by atoms with van der Waals surface area (Å²) < 4.78 is 0. The minimum atomic E-state index is 0.621. The molecule has 1 heterocycles. The van der Waals surface area contributed by atoms with E-state index in [1.54, 1.807) is 0 Å². The maximum absolute atomic E-state index is 5.46. The van der Waals surface area contributed by atoms with Gasteiger partial charge in [-0.05, 0) is 55.5 Å². The van der Waals surface area contributed by atoms with Crippen LogP contribution in [0, 0.1) is 13.8 Å². The Labute approximate surface area is 159 Å². The van der Waals surface area contributed by atoms with Gasteiger partial charge in [-0.3, -0.25) is 0 Å². The van der Waals surface area contributed by atoms with Gasteiger partial charge < -0.3 is 10.7 Å². The number of rotatable bonds is 3. The van der Waals surface area contributed by atoms with Crippen LogP contribution in [0.25, 0.3) is 17.0 Å². The number of benzene rings is 2. The van der Waals surface area contributed by atoms with Crippen LogP contribution in [0.1, 0.15) is 55.6 Å². The lowest BCUT2D eigenvalue weighted by molar-refractivity contribution is 1.07. The van der Waals surface area contributed by atoms with E-state index in [4.69, 9.17) is 5.73 Å². The van der Waals surface area contributed by atoms with Crippen molar-refractivity contribution in [3.8, 4) is 0 Å². The number of nitrogens with one attached hydrogen (secondary N) is 1. The third kappa shape index (κ3) is 5.89. The number of hydrogen-bond donors (Lipinski definition) is 2. The van der Waals surface area contributed by atoms with E-state index in [1.807, 2.05) is 26.8 Å². The normalized spacial score (nSPS) is 10.3. The number of allylic oxidation sites excluding steroid dienone is 1. The van der Waals surface area contributed by atoms with Gasteiger partial charge in [0.15, 0.2) is 0 Å². The Morgan fingerprint density at radius 2 is 1.58 bits per heavy atom. The highest BCUT2D eigenvalue weighted by molar-refractivity contribution is 5.84. The van der Waals surface area contributed by atoms with Crippen molar-refractivity contribution in [1.29, 1.82) is 0 Å². The van der Waals surface area contributed by atoms with Gasteiger partial charge in [-0.25, -0.2) is 0 Å². The van der Waals surface area contributed by atoms with Gasteiger partial charge in [0, 0.05) is 23.1 Å².